The SMILES string of the molecule is Cn1c(=O)n(Cc2ccc(C(=O)Nc3ccccc3N)cc2)c2c(F)cccc21. The lowest BCUT2D eigenvalue weighted by Crippen LogP contribution is -2.23. The van der Waals surface area contributed by atoms with E-state index in [1.807, 2.05) is 0 Å². The molecule has 1 heterocycles. The van der Waals surface area contributed by atoms with E-state index in [0.717, 1.165) is 5.56 Å². The number of anilines is 2. The number of rotatable bonds is 4. The first-order valence-corrected chi connectivity index (χ1v) is 9.04. The van der Waals surface area contributed by atoms with Crippen molar-refractivity contribution in [2.45, 2.75) is 6.54 Å². The molecule has 0 spiro atoms. The van der Waals surface area contributed by atoms with Crippen molar-refractivity contribution < 1.29 is 9.18 Å². The predicted molar refractivity (Wildman–Crippen MR) is 111 cm³/mol. The fourth-order valence-electron chi connectivity index (χ4n) is 3.32. The van der Waals surface area contributed by atoms with Crippen LogP contribution in [0.2, 0.25) is 0 Å². The molecule has 0 aliphatic carbocycles. The number of nitrogens with zero attached hydrogens (tertiary/aromatic N) is 2. The van der Waals surface area contributed by atoms with Gasteiger partial charge in [0.1, 0.15) is 11.3 Å². The first-order valence-electron chi connectivity index (χ1n) is 9.04. The molecule has 0 saturated heterocycles. The molecule has 7 heteroatoms. The van der Waals surface area contributed by atoms with Crippen molar-refractivity contribution in [1.29, 1.82) is 0 Å². The number of fused-ring (bicyclic) bond motifs is 1. The summed E-state index contributed by atoms with van der Waals surface area (Å²) in [5, 5.41) is 2.77. The predicted octanol–water partition coefficient (Wildman–Crippen LogP) is 3.36. The lowest BCUT2D eigenvalue weighted by Gasteiger charge is -2.09. The maximum absolute atomic E-state index is 14.3. The van der Waals surface area contributed by atoms with Crippen LogP contribution in [0.5, 0.6) is 0 Å². The maximum Gasteiger partial charge on any atom is 0.329 e. The van der Waals surface area contributed by atoms with Crippen molar-refractivity contribution >= 4 is 28.3 Å². The number of carbonyl (C=O) groups excluding carboxylic acids is 1. The molecule has 4 rings (SSSR count). The Morgan fingerprint density at radius 2 is 1.76 bits per heavy atom. The lowest BCUT2D eigenvalue weighted by molar-refractivity contribution is 0.102. The molecular formula is C22H19FN4O2. The number of hydrogen-bond acceptors (Lipinski definition) is 3. The Morgan fingerprint density at radius 3 is 2.48 bits per heavy atom. The number of amides is 1. The van der Waals surface area contributed by atoms with Gasteiger partial charge in [-0.15, -0.1) is 0 Å². The second kappa shape index (κ2) is 7.27. The summed E-state index contributed by atoms with van der Waals surface area (Å²) >= 11 is 0. The summed E-state index contributed by atoms with van der Waals surface area (Å²) in [5.41, 5.74) is 8.60. The monoisotopic (exact) mass is 390 g/mol. The van der Waals surface area contributed by atoms with Crippen LogP contribution in [0.1, 0.15) is 15.9 Å². The quantitative estimate of drug-likeness (QED) is 0.524. The minimum absolute atomic E-state index is 0.199. The number of carbonyl (C=O) groups is 1. The molecule has 1 amide bonds. The molecule has 3 aromatic carbocycles. The molecule has 0 aliphatic heterocycles. The van der Waals surface area contributed by atoms with E-state index in [4.69, 9.17) is 5.73 Å². The van der Waals surface area contributed by atoms with Crippen LogP contribution in [0.15, 0.2) is 71.5 Å². The number of aromatic nitrogens is 2. The van der Waals surface area contributed by atoms with Crippen LogP contribution in [0.3, 0.4) is 0 Å². The highest BCUT2D eigenvalue weighted by atomic mass is 19.1. The third-order valence-electron chi connectivity index (χ3n) is 4.88. The number of hydrogen-bond donors (Lipinski definition) is 2. The molecular weight excluding hydrogens is 371 g/mol. The highest BCUT2D eigenvalue weighted by molar-refractivity contribution is 6.05. The summed E-state index contributed by atoms with van der Waals surface area (Å²) in [6.07, 6.45) is 0. The van der Waals surface area contributed by atoms with Crippen LogP contribution in [0, 0.1) is 5.82 Å². The summed E-state index contributed by atoms with van der Waals surface area (Å²) in [6, 6.07) is 18.4. The molecule has 0 bridgehead atoms. The number of benzene rings is 3. The second-order valence-corrected chi connectivity index (χ2v) is 6.77. The third-order valence-corrected chi connectivity index (χ3v) is 4.88. The standard InChI is InChI=1S/C22H19FN4O2/c1-26-19-8-4-5-16(23)20(19)27(22(26)29)13-14-9-11-15(12-10-14)21(28)25-18-7-3-2-6-17(18)24/h2-12H,13,24H2,1H3,(H,25,28). The molecule has 4 aromatic rings. The van der Waals surface area contributed by atoms with Gasteiger partial charge in [0.15, 0.2) is 0 Å². The average Bonchev–Trinajstić information content (AvgIpc) is 2.96. The summed E-state index contributed by atoms with van der Waals surface area (Å²) in [4.78, 5) is 25.0. The van der Waals surface area contributed by atoms with Crippen molar-refractivity contribution in [3.63, 3.8) is 0 Å². The van der Waals surface area contributed by atoms with Crippen LogP contribution in [-0.2, 0) is 13.6 Å². The fraction of sp³-hybridized carbons (Fsp3) is 0.0909. The Hall–Kier alpha value is -3.87. The number of nitrogens with two attached hydrogens (primary N) is 1. The van der Waals surface area contributed by atoms with Crippen molar-refractivity contribution in [3.05, 3.63) is 94.2 Å². The molecule has 3 N–H and O–H groups in total. The molecule has 0 fully saturated rings. The van der Waals surface area contributed by atoms with Crippen LogP contribution in [0.4, 0.5) is 15.8 Å². The molecule has 6 nitrogen and oxygen atoms in total. The van der Waals surface area contributed by atoms with E-state index in [2.05, 4.69) is 5.32 Å². The van der Waals surface area contributed by atoms with E-state index >= 15 is 0 Å². The van der Waals surface area contributed by atoms with E-state index in [0.29, 0.717) is 22.5 Å². The zero-order valence-electron chi connectivity index (χ0n) is 15.7. The Balaban J connectivity index is 1.59. The molecule has 0 saturated carbocycles. The van der Waals surface area contributed by atoms with Gasteiger partial charge in [-0.2, -0.15) is 0 Å². The lowest BCUT2D eigenvalue weighted by atomic mass is 10.1. The van der Waals surface area contributed by atoms with Crippen molar-refractivity contribution in [1.82, 2.24) is 9.13 Å². The van der Waals surface area contributed by atoms with Gasteiger partial charge < -0.3 is 11.1 Å². The topological polar surface area (TPSA) is 82.0 Å². The number of nitrogen functional groups attached to an aromatic ring is 1. The third kappa shape index (κ3) is 3.38. The van der Waals surface area contributed by atoms with Gasteiger partial charge in [-0.25, -0.2) is 9.18 Å². The number of imidazole rings is 1. The molecule has 0 atom stereocenters. The van der Waals surface area contributed by atoms with Crippen LogP contribution >= 0.6 is 0 Å². The van der Waals surface area contributed by atoms with Crippen molar-refractivity contribution in [2.24, 2.45) is 7.05 Å². The first-order chi connectivity index (χ1) is 14.0. The van der Waals surface area contributed by atoms with Gasteiger partial charge in [-0.3, -0.25) is 13.9 Å². The molecule has 146 valence electrons. The Labute approximate surface area is 166 Å². The highest BCUT2D eigenvalue weighted by Crippen LogP contribution is 2.19. The summed E-state index contributed by atoms with van der Waals surface area (Å²) in [5.74, 6) is -0.737. The Bertz CT molecular complexity index is 1270. The minimum Gasteiger partial charge on any atom is -0.397 e. The van der Waals surface area contributed by atoms with E-state index < -0.39 is 5.82 Å². The fourth-order valence-corrected chi connectivity index (χ4v) is 3.32. The van der Waals surface area contributed by atoms with E-state index in [1.165, 1.54) is 15.2 Å². The molecule has 0 radical (unpaired) electrons. The first kappa shape index (κ1) is 18.5. The van der Waals surface area contributed by atoms with E-state index in [9.17, 15) is 14.0 Å². The van der Waals surface area contributed by atoms with Crippen LogP contribution < -0.4 is 16.7 Å². The largest absolute Gasteiger partial charge is 0.397 e. The number of para-hydroxylation sites is 3. The van der Waals surface area contributed by atoms with E-state index in [-0.39, 0.29) is 23.7 Å². The van der Waals surface area contributed by atoms with Gasteiger partial charge in [-0.1, -0.05) is 30.3 Å². The Morgan fingerprint density at radius 1 is 1.03 bits per heavy atom. The molecule has 1 aromatic heterocycles. The number of halogens is 1. The summed E-state index contributed by atoms with van der Waals surface area (Å²) in [7, 11) is 1.61. The van der Waals surface area contributed by atoms with Gasteiger partial charge in [0.2, 0.25) is 0 Å². The molecule has 0 unspecified atom stereocenters. The van der Waals surface area contributed by atoms with Gasteiger partial charge in [0.25, 0.3) is 5.91 Å². The van der Waals surface area contributed by atoms with Crippen molar-refractivity contribution in [2.75, 3.05) is 11.1 Å². The molecule has 0 aliphatic rings. The Kier molecular flexibility index (Phi) is 4.64. The van der Waals surface area contributed by atoms with E-state index in [1.54, 1.807) is 67.7 Å². The average molecular weight is 390 g/mol. The van der Waals surface area contributed by atoms with Crippen LogP contribution in [0.25, 0.3) is 11.0 Å². The summed E-state index contributed by atoms with van der Waals surface area (Å²) < 4.78 is 17.1. The van der Waals surface area contributed by atoms with Crippen LogP contribution in [-0.4, -0.2) is 15.0 Å². The molecule has 29 heavy (non-hydrogen) atoms. The zero-order valence-corrected chi connectivity index (χ0v) is 15.7. The van der Waals surface area contributed by atoms with Gasteiger partial charge in [-0.05, 0) is 42.0 Å². The minimum atomic E-state index is -0.448. The van der Waals surface area contributed by atoms with Crippen molar-refractivity contribution in [3.8, 4) is 0 Å². The highest BCUT2D eigenvalue weighted by Gasteiger charge is 2.15. The summed E-state index contributed by atoms with van der Waals surface area (Å²) in [6.45, 7) is 0.199. The number of aryl methyl sites for hydroxylation is 1. The zero-order chi connectivity index (χ0) is 20.5. The normalized spacial score (nSPS) is 11.0. The smallest absolute Gasteiger partial charge is 0.329 e. The van der Waals surface area contributed by atoms with Gasteiger partial charge in [0, 0.05) is 12.6 Å². The van der Waals surface area contributed by atoms with Gasteiger partial charge in [0.05, 0.1) is 23.4 Å². The number of nitrogens with one attached hydrogen (secondary N) is 1. The second-order valence-electron chi connectivity index (χ2n) is 6.77. The maximum atomic E-state index is 14.3. The van der Waals surface area contributed by atoms with Gasteiger partial charge >= 0.3 is 5.69 Å².